The van der Waals surface area contributed by atoms with Gasteiger partial charge in [-0.15, -0.1) is 0 Å². The molecule has 1 fully saturated rings. The van der Waals surface area contributed by atoms with Crippen molar-refractivity contribution in [2.45, 2.75) is 13.8 Å². The monoisotopic (exact) mass is 320 g/mol. The molecule has 4 heteroatoms. The molecule has 0 radical (unpaired) electrons. The smallest absolute Gasteiger partial charge is 0.137 e. The molecule has 0 atom stereocenters. The Morgan fingerprint density at radius 3 is 2.46 bits per heavy atom. The Balaban J connectivity index is 1.74. The van der Waals surface area contributed by atoms with Crippen molar-refractivity contribution in [1.82, 2.24) is 14.9 Å². The first-order chi connectivity index (χ1) is 11.6. The van der Waals surface area contributed by atoms with E-state index >= 15 is 0 Å². The molecule has 1 aliphatic heterocycles. The van der Waals surface area contributed by atoms with Crippen molar-refractivity contribution in [3.63, 3.8) is 0 Å². The number of nitrogens with zero attached hydrogens (tertiary/aromatic N) is 3. The van der Waals surface area contributed by atoms with Gasteiger partial charge >= 0.3 is 0 Å². The number of rotatable bonds is 2. The van der Waals surface area contributed by atoms with Crippen LogP contribution in [0, 0.1) is 13.8 Å². The molecule has 4 rings (SSSR count). The Morgan fingerprint density at radius 1 is 1.04 bits per heavy atom. The maximum atomic E-state index is 4.40. The predicted molar refractivity (Wildman–Crippen MR) is 101 cm³/mol. The Morgan fingerprint density at radius 2 is 1.75 bits per heavy atom. The number of hydrogen-bond donors (Lipinski definition) is 1. The number of likely N-dealkylation sites (N-methyl/N-ethyl adjacent to an activating group) is 1. The van der Waals surface area contributed by atoms with E-state index in [9.17, 15) is 0 Å². The van der Waals surface area contributed by atoms with Gasteiger partial charge in [0.05, 0.1) is 0 Å². The van der Waals surface area contributed by atoms with Crippen molar-refractivity contribution in [3.05, 3.63) is 47.8 Å². The van der Waals surface area contributed by atoms with Crippen molar-refractivity contribution in [2.24, 2.45) is 0 Å². The molecule has 1 saturated heterocycles. The molecule has 0 spiro atoms. The van der Waals surface area contributed by atoms with Gasteiger partial charge in [-0.25, -0.2) is 4.98 Å². The summed E-state index contributed by atoms with van der Waals surface area (Å²) in [6, 6.07) is 8.76. The second-order valence-electron chi connectivity index (χ2n) is 6.85. The number of hydrogen-bond acceptors (Lipinski definition) is 3. The molecule has 0 aliphatic carbocycles. The molecule has 0 saturated carbocycles. The lowest BCUT2D eigenvalue weighted by atomic mass is 9.98. The third-order valence-electron chi connectivity index (χ3n) is 5.07. The highest BCUT2D eigenvalue weighted by molar-refractivity contribution is 5.94. The van der Waals surface area contributed by atoms with Crippen LogP contribution in [0.2, 0.25) is 0 Å². The molecular weight excluding hydrogens is 296 g/mol. The quantitative estimate of drug-likeness (QED) is 0.783. The van der Waals surface area contributed by atoms with E-state index in [-0.39, 0.29) is 0 Å². The first kappa shape index (κ1) is 15.2. The number of aromatic amines is 1. The molecule has 1 aliphatic rings. The minimum absolute atomic E-state index is 0.950. The van der Waals surface area contributed by atoms with E-state index in [1.54, 1.807) is 0 Å². The molecule has 124 valence electrons. The number of piperazine rings is 1. The number of anilines is 1. The molecule has 1 N–H and O–H groups in total. The van der Waals surface area contributed by atoms with E-state index in [4.69, 9.17) is 0 Å². The standard InChI is InChI=1S/C20H24N4/c1-14-11-16(18-13-22-20-17(18)5-4-6-21-20)12-15(2)19(14)24-9-7-23(3)8-10-24/h4-6,11-13H,7-10H2,1-3H3,(H,21,22). The van der Waals surface area contributed by atoms with Gasteiger partial charge in [0.15, 0.2) is 0 Å². The minimum Gasteiger partial charge on any atom is -0.369 e. The van der Waals surface area contributed by atoms with Crippen LogP contribution in [0.1, 0.15) is 11.1 Å². The molecule has 2 aromatic heterocycles. The summed E-state index contributed by atoms with van der Waals surface area (Å²) in [4.78, 5) is 12.6. The number of aryl methyl sites for hydroxylation is 2. The van der Waals surface area contributed by atoms with Crippen LogP contribution < -0.4 is 4.90 Å². The third kappa shape index (κ3) is 2.57. The molecule has 0 unspecified atom stereocenters. The highest BCUT2D eigenvalue weighted by Crippen LogP contribution is 2.34. The first-order valence-electron chi connectivity index (χ1n) is 8.60. The zero-order chi connectivity index (χ0) is 16.7. The van der Waals surface area contributed by atoms with Crippen LogP contribution >= 0.6 is 0 Å². The molecule has 4 nitrogen and oxygen atoms in total. The number of aromatic nitrogens is 2. The zero-order valence-corrected chi connectivity index (χ0v) is 14.6. The average molecular weight is 320 g/mol. The summed E-state index contributed by atoms with van der Waals surface area (Å²) in [5, 5.41) is 1.18. The molecule has 0 bridgehead atoms. The number of nitrogens with one attached hydrogen (secondary N) is 1. The molecule has 0 amide bonds. The topological polar surface area (TPSA) is 35.2 Å². The van der Waals surface area contributed by atoms with E-state index in [1.165, 1.54) is 33.3 Å². The summed E-state index contributed by atoms with van der Waals surface area (Å²) in [5.74, 6) is 0. The van der Waals surface area contributed by atoms with Gasteiger partial charge in [-0.05, 0) is 61.9 Å². The van der Waals surface area contributed by atoms with Crippen LogP contribution in [0.4, 0.5) is 5.69 Å². The highest BCUT2D eigenvalue weighted by atomic mass is 15.2. The van der Waals surface area contributed by atoms with Crippen molar-refractivity contribution in [2.75, 3.05) is 38.1 Å². The zero-order valence-electron chi connectivity index (χ0n) is 14.6. The van der Waals surface area contributed by atoms with Crippen molar-refractivity contribution in [3.8, 4) is 11.1 Å². The lowest BCUT2D eigenvalue weighted by Gasteiger charge is -2.36. The molecule has 24 heavy (non-hydrogen) atoms. The molecular formula is C20H24N4. The van der Waals surface area contributed by atoms with Crippen LogP contribution in [0.5, 0.6) is 0 Å². The van der Waals surface area contributed by atoms with Gasteiger partial charge in [-0.3, -0.25) is 0 Å². The second-order valence-corrected chi connectivity index (χ2v) is 6.85. The highest BCUT2D eigenvalue weighted by Gasteiger charge is 2.19. The summed E-state index contributed by atoms with van der Waals surface area (Å²) >= 11 is 0. The fourth-order valence-electron chi connectivity index (χ4n) is 3.84. The number of pyridine rings is 1. The van der Waals surface area contributed by atoms with Gasteiger partial charge in [0, 0.05) is 55.2 Å². The SMILES string of the molecule is Cc1cc(-c2c[nH]c3ncccc23)cc(C)c1N1CCN(C)CC1. The van der Waals surface area contributed by atoms with Crippen LogP contribution in [0.3, 0.4) is 0 Å². The number of fused-ring (bicyclic) bond motifs is 1. The summed E-state index contributed by atoms with van der Waals surface area (Å²) in [6.45, 7) is 8.95. The van der Waals surface area contributed by atoms with Gasteiger partial charge < -0.3 is 14.8 Å². The van der Waals surface area contributed by atoms with Crippen LogP contribution in [0.15, 0.2) is 36.7 Å². The normalized spacial score (nSPS) is 16.0. The van der Waals surface area contributed by atoms with Crippen molar-refractivity contribution >= 4 is 16.7 Å². The van der Waals surface area contributed by atoms with E-state index in [0.29, 0.717) is 0 Å². The number of H-pyrrole nitrogens is 1. The first-order valence-corrected chi connectivity index (χ1v) is 8.60. The summed E-state index contributed by atoms with van der Waals surface area (Å²) < 4.78 is 0. The Hall–Kier alpha value is -2.33. The van der Waals surface area contributed by atoms with Gasteiger partial charge in [0.1, 0.15) is 5.65 Å². The van der Waals surface area contributed by atoms with E-state index in [0.717, 1.165) is 31.8 Å². The van der Waals surface area contributed by atoms with Gasteiger partial charge in [0.25, 0.3) is 0 Å². The fraction of sp³-hybridized carbons (Fsp3) is 0.350. The maximum Gasteiger partial charge on any atom is 0.137 e. The molecule has 3 heterocycles. The number of benzene rings is 1. The van der Waals surface area contributed by atoms with E-state index in [1.807, 2.05) is 12.3 Å². The fourth-order valence-corrected chi connectivity index (χ4v) is 3.84. The molecule has 3 aromatic rings. The van der Waals surface area contributed by atoms with Crippen LogP contribution in [-0.2, 0) is 0 Å². The summed E-state index contributed by atoms with van der Waals surface area (Å²) in [6.07, 6.45) is 3.90. The maximum absolute atomic E-state index is 4.40. The Bertz CT molecular complexity index is 849. The average Bonchev–Trinajstić information content (AvgIpc) is 3.00. The van der Waals surface area contributed by atoms with Crippen LogP contribution in [0.25, 0.3) is 22.2 Å². The minimum atomic E-state index is 0.950. The van der Waals surface area contributed by atoms with E-state index in [2.05, 4.69) is 65.1 Å². The Labute approximate surface area is 143 Å². The Kier molecular flexibility index (Phi) is 3.77. The lowest BCUT2D eigenvalue weighted by molar-refractivity contribution is 0.312. The second kappa shape index (κ2) is 5.95. The predicted octanol–water partition coefficient (Wildman–Crippen LogP) is 3.60. The van der Waals surface area contributed by atoms with Gasteiger partial charge in [-0.2, -0.15) is 0 Å². The van der Waals surface area contributed by atoms with Crippen molar-refractivity contribution < 1.29 is 0 Å². The third-order valence-corrected chi connectivity index (χ3v) is 5.07. The van der Waals surface area contributed by atoms with Crippen LogP contribution in [-0.4, -0.2) is 48.1 Å². The summed E-state index contributed by atoms with van der Waals surface area (Å²) in [5.41, 5.74) is 7.56. The van der Waals surface area contributed by atoms with E-state index < -0.39 is 0 Å². The van der Waals surface area contributed by atoms with Gasteiger partial charge in [0.2, 0.25) is 0 Å². The van der Waals surface area contributed by atoms with Gasteiger partial charge in [-0.1, -0.05) is 0 Å². The van der Waals surface area contributed by atoms with Crippen molar-refractivity contribution in [1.29, 1.82) is 0 Å². The summed E-state index contributed by atoms with van der Waals surface area (Å²) in [7, 11) is 2.20. The largest absolute Gasteiger partial charge is 0.369 e. The lowest BCUT2D eigenvalue weighted by Crippen LogP contribution is -2.45. The molecule has 1 aromatic carbocycles.